The van der Waals surface area contributed by atoms with E-state index < -0.39 is 0 Å². The Labute approximate surface area is 111 Å². The van der Waals surface area contributed by atoms with E-state index in [0.717, 1.165) is 32.1 Å². The van der Waals surface area contributed by atoms with Crippen LogP contribution in [0.25, 0.3) is 11.4 Å². The number of rotatable bonds is 2. The molecule has 19 heavy (non-hydrogen) atoms. The molecule has 1 aliphatic rings. The topological polar surface area (TPSA) is 46.0 Å². The Bertz CT molecular complexity index is 574. The van der Waals surface area contributed by atoms with Crippen molar-refractivity contribution in [3.63, 3.8) is 0 Å². The highest BCUT2D eigenvalue weighted by Gasteiger charge is 2.18. The number of nitrogens with one attached hydrogen (secondary N) is 1. The van der Waals surface area contributed by atoms with E-state index in [1.165, 1.54) is 6.07 Å². The minimum absolute atomic E-state index is 0.292. The second-order valence-corrected chi connectivity index (χ2v) is 4.58. The van der Waals surface area contributed by atoms with Crippen LogP contribution in [0.5, 0.6) is 0 Å². The summed E-state index contributed by atoms with van der Waals surface area (Å²) in [6, 6.07) is 6.58. The Kier molecular flexibility index (Phi) is 3.16. The summed E-state index contributed by atoms with van der Waals surface area (Å²) in [4.78, 5) is 6.64. The van der Waals surface area contributed by atoms with Crippen LogP contribution in [0.15, 0.2) is 24.3 Å². The lowest BCUT2D eigenvalue weighted by molar-refractivity contribution is 0.568. The summed E-state index contributed by atoms with van der Waals surface area (Å²) in [6.45, 7) is 3.65. The zero-order valence-corrected chi connectivity index (χ0v) is 10.8. The van der Waals surface area contributed by atoms with E-state index in [1.54, 1.807) is 22.9 Å². The fourth-order valence-corrected chi connectivity index (χ4v) is 2.27. The molecule has 6 heteroatoms. The highest BCUT2D eigenvalue weighted by atomic mass is 19.1. The average Bonchev–Trinajstić information content (AvgIpc) is 2.82. The van der Waals surface area contributed by atoms with Crippen LogP contribution in [0, 0.1) is 5.82 Å². The lowest BCUT2D eigenvalue weighted by atomic mass is 10.2. The van der Waals surface area contributed by atoms with Crippen molar-refractivity contribution in [3.05, 3.63) is 30.1 Å². The number of aromatic nitrogens is 3. The maximum Gasteiger partial charge on any atom is 0.224 e. The second-order valence-electron chi connectivity index (χ2n) is 4.58. The first kappa shape index (κ1) is 12.1. The van der Waals surface area contributed by atoms with Gasteiger partial charge in [0.1, 0.15) is 5.82 Å². The molecule has 100 valence electrons. The van der Waals surface area contributed by atoms with Crippen LogP contribution in [0.4, 0.5) is 10.3 Å². The predicted octanol–water partition coefficient (Wildman–Crippen LogP) is 1.03. The molecule has 5 nitrogen and oxygen atoms in total. The lowest BCUT2D eigenvalue weighted by Crippen LogP contribution is -2.44. The zero-order chi connectivity index (χ0) is 13.2. The molecule has 0 atom stereocenters. The maximum absolute atomic E-state index is 13.7. The van der Waals surface area contributed by atoms with Gasteiger partial charge in [0.05, 0.1) is 5.56 Å². The van der Waals surface area contributed by atoms with Crippen LogP contribution in [0.3, 0.4) is 0 Å². The van der Waals surface area contributed by atoms with Crippen LogP contribution in [0.2, 0.25) is 0 Å². The first-order valence-corrected chi connectivity index (χ1v) is 6.37. The van der Waals surface area contributed by atoms with Crippen LogP contribution in [0.1, 0.15) is 0 Å². The normalized spacial score (nSPS) is 15.8. The monoisotopic (exact) mass is 261 g/mol. The molecule has 0 spiro atoms. The molecular formula is C13H16FN5. The summed E-state index contributed by atoms with van der Waals surface area (Å²) in [5, 5.41) is 7.61. The molecule has 1 fully saturated rings. The van der Waals surface area contributed by atoms with Gasteiger partial charge in [0.25, 0.3) is 0 Å². The number of hydrogen-bond acceptors (Lipinski definition) is 4. The zero-order valence-electron chi connectivity index (χ0n) is 10.8. The Morgan fingerprint density at radius 3 is 2.68 bits per heavy atom. The third-order valence-electron chi connectivity index (χ3n) is 3.25. The fraction of sp³-hybridized carbons (Fsp3) is 0.385. The van der Waals surface area contributed by atoms with Gasteiger partial charge in [-0.2, -0.15) is 4.98 Å². The lowest BCUT2D eigenvalue weighted by Gasteiger charge is -2.27. The van der Waals surface area contributed by atoms with Gasteiger partial charge in [0, 0.05) is 33.2 Å². The number of halogens is 1. The third-order valence-corrected chi connectivity index (χ3v) is 3.25. The molecule has 0 amide bonds. The van der Waals surface area contributed by atoms with E-state index in [1.807, 2.05) is 7.05 Å². The van der Waals surface area contributed by atoms with Crippen molar-refractivity contribution in [2.75, 3.05) is 31.1 Å². The fourth-order valence-electron chi connectivity index (χ4n) is 2.27. The predicted molar refractivity (Wildman–Crippen MR) is 71.5 cm³/mol. The summed E-state index contributed by atoms with van der Waals surface area (Å²) < 4.78 is 15.5. The van der Waals surface area contributed by atoms with Gasteiger partial charge in [-0.25, -0.2) is 9.07 Å². The maximum atomic E-state index is 13.7. The molecule has 2 heterocycles. The van der Waals surface area contributed by atoms with Crippen molar-refractivity contribution < 1.29 is 4.39 Å². The van der Waals surface area contributed by atoms with Crippen LogP contribution < -0.4 is 10.2 Å². The standard InChI is InChI=1S/C13H16FN5/c1-18-13(19-8-6-15-7-9-19)16-12(17-18)10-4-2-3-5-11(10)14/h2-5,15H,6-9H2,1H3. The molecular weight excluding hydrogens is 245 g/mol. The van der Waals surface area contributed by atoms with E-state index in [9.17, 15) is 4.39 Å². The number of hydrogen-bond donors (Lipinski definition) is 1. The smallest absolute Gasteiger partial charge is 0.224 e. The van der Waals surface area contributed by atoms with Crippen molar-refractivity contribution >= 4 is 5.95 Å². The molecule has 1 saturated heterocycles. The molecule has 2 aromatic rings. The molecule has 0 bridgehead atoms. The van der Waals surface area contributed by atoms with Crippen molar-refractivity contribution in [2.24, 2.45) is 7.05 Å². The third kappa shape index (κ3) is 2.31. The van der Waals surface area contributed by atoms with Gasteiger partial charge in [-0.15, -0.1) is 5.10 Å². The highest BCUT2D eigenvalue weighted by Crippen LogP contribution is 2.22. The van der Waals surface area contributed by atoms with E-state index >= 15 is 0 Å². The van der Waals surface area contributed by atoms with Crippen LogP contribution in [-0.4, -0.2) is 40.9 Å². The first-order valence-electron chi connectivity index (χ1n) is 6.37. The van der Waals surface area contributed by atoms with Gasteiger partial charge in [-0.1, -0.05) is 12.1 Å². The Hall–Kier alpha value is -1.95. The molecule has 0 saturated carbocycles. The molecule has 0 aliphatic carbocycles. The van der Waals surface area contributed by atoms with Gasteiger partial charge < -0.3 is 10.2 Å². The first-order chi connectivity index (χ1) is 9.25. The van der Waals surface area contributed by atoms with Gasteiger partial charge in [-0.05, 0) is 12.1 Å². The summed E-state index contributed by atoms with van der Waals surface area (Å²) in [7, 11) is 1.84. The SMILES string of the molecule is Cn1nc(-c2ccccc2F)nc1N1CCNCC1. The molecule has 1 aliphatic heterocycles. The minimum atomic E-state index is -0.292. The molecule has 1 N–H and O–H groups in total. The average molecular weight is 261 g/mol. The number of nitrogens with zero attached hydrogens (tertiary/aromatic N) is 4. The summed E-state index contributed by atoms with van der Waals surface area (Å²) in [5.74, 6) is 0.939. The van der Waals surface area contributed by atoms with Crippen molar-refractivity contribution in [1.29, 1.82) is 0 Å². The number of aryl methyl sites for hydroxylation is 1. The largest absolute Gasteiger partial charge is 0.338 e. The van der Waals surface area contributed by atoms with Crippen molar-refractivity contribution in [1.82, 2.24) is 20.1 Å². The molecule has 3 rings (SSSR count). The van der Waals surface area contributed by atoms with Crippen molar-refractivity contribution in [3.8, 4) is 11.4 Å². The van der Waals surface area contributed by atoms with E-state index in [-0.39, 0.29) is 5.82 Å². The van der Waals surface area contributed by atoms with E-state index in [2.05, 4.69) is 20.3 Å². The Morgan fingerprint density at radius 2 is 1.95 bits per heavy atom. The molecule has 1 aromatic carbocycles. The number of anilines is 1. The van der Waals surface area contributed by atoms with E-state index in [0.29, 0.717) is 11.4 Å². The summed E-state index contributed by atoms with van der Waals surface area (Å²) in [6.07, 6.45) is 0. The number of piperazine rings is 1. The molecule has 1 aromatic heterocycles. The van der Waals surface area contributed by atoms with Gasteiger partial charge in [-0.3, -0.25) is 0 Å². The molecule has 0 unspecified atom stereocenters. The summed E-state index contributed by atoms with van der Waals surface area (Å²) >= 11 is 0. The van der Waals surface area contributed by atoms with E-state index in [4.69, 9.17) is 0 Å². The highest BCUT2D eigenvalue weighted by molar-refractivity contribution is 5.57. The Balaban J connectivity index is 1.95. The van der Waals surface area contributed by atoms with Gasteiger partial charge in [0.2, 0.25) is 5.95 Å². The second kappa shape index (κ2) is 4.97. The quantitative estimate of drug-likeness (QED) is 0.877. The van der Waals surface area contributed by atoms with Crippen molar-refractivity contribution in [2.45, 2.75) is 0 Å². The van der Waals surface area contributed by atoms with Gasteiger partial charge >= 0.3 is 0 Å². The molecule has 0 radical (unpaired) electrons. The van der Waals surface area contributed by atoms with Crippen LogP contribution in [-0.2, 0) is 7.05 Å². The Morgan fingerprint density at radius 1 is 1.21 bits per heavy atom. The summed E-state index contributed by atoms with van der Waals surface area (Å²) in [5.41, 5.74) is 0.444. The van der Waals surface area contributed by atoms with Crippen LogP contribution >= 0.6 is 0 Å². The minimum Gasteiger partial charge on any atom is -0.338 e. The number of benzene rings is 1. The van der Waals surface area contributed by atoms with Gasteiger partial charge in [0.15, 0.2) is 5.82 Å².